The normalized spacial score (nSPS) is 10.0. The minimum Gasteiger partial charge on any atom is -0.497 e. The quantitative estimate of drug-likeness (QED) is 0.620. The Morgan fingerprint density at radius 2 is 1.95 bits per heavy atom. The predicted molar refractivity (Wildman–Crippen MR) is 78.3 cm³/mol. The maximum atomic E-state index is 12.1. The minimum atomic E-state index is -0.299. The van der Waals surface area contributed by atoms with Gasteiger partial charge in [-0.1, -0.05) is 18.2 Å². The lowest BCUT2D eigenvalue weighted by molar-refractivity contribution is 0.0934. The zero-order chi connectivity index (χ0) is 15.1. The molecule has 0 fully saturated rings. The minimum absolute atomic E-state index is 0.299. The van der Waals surface area contributed by atoms with Gasteiger partial charge in [-0.2, -0.15) is 0 Å². The number of amides is 1. The molecule has 5 nitrogen and oxygen atoms in total. The Morgan fingerprint density at radius 1 is 1.30 bits per heavy atom. The number of carbonyl (C=O) groups is 1. The van der Waals surface area contributed by atoms with Crippen molar-refractivity contribution in [3.05, 3.63) is 34.9 Å². The van der Waals surface area contributed by atoms with Crippen LogP contribution in [-0.2, 0) is 9.47 Å². The highest BCUT2D eigenvalue weighted by Crippen LogP contribution is 2.32. The molecule has 1 N–H and O–H groups in total. The van der Waals surface area contributed by atoms with Gasteiger partial charge < -0.3 is 19.5 Å². The maximum absolute atomic E-state index is 12.1. The summed E-state index contributed by atoms with van der Waals surface area (Å²) in [5, 5.41) is 3.11. The van der Waals surface area contributed by atoms with Gasteiger partial charge in [0, 0.05) is 18.7 Å². The van der Waals surface area contributed by atoms with E-state index in [0.29, 0.717) is 40.8 Å². The second kappa shape index (κ2) is 7.77. The zero-order valence-corrected chi connectivity index (χ0v) is 12.5. The maximum Gasteiger partial charge on any atom is 0.255 e. The molecule has 1 amide bonds. The van der Waals surface area contributed by atoms with Crippen molar-refractivity contribution in [1.29, 1.82) is 0 Å². The highest BCUT2D eigenvalue weighted by atomic mass is 35.5. The number of rotatable bonds is 7. The third-order valence-corrected chi connectivity index (χ3v) is 2.86. The van der Waals surface area contributed by atoms with Gasteiger partial charge in [-0.3, -0.25) is 4.79 Å². The van der Waals surface area contributed by atoms with E-state index in [0.717, 1.165) is 0 Å². The molecule has 6 heteroatoms. The van der Waals surface area contributed by atoms with E-state index in [-0.39, 0.29) is 5.91 Å². The number of benzene rings is 1. The fourth-order valence-electron chi connectivity index (χ4n) is 1.66. The van der Waals surface area contributed by atoms with Gasteiger partial charge in [-0.25, -0.2) is 0 Å². The molecule has 0 bridgehead atoms. The molecule has 0 aliphatic heterocycles. The second-order valence-corrected chi connectivity index (χ2v) is 4.35. The van der Waals surface area contributed by atoms with Gasteiger partial charge in [0.2, 0.25) is 0 Å². The van der Waals surface area contributed by atoms with Crippen LogP contribution in [-0.4, -0.2) is 40.4 Å². The van der Waals surface area contributed by atoms with Crippen LogP contribution in [0, 0.1) is 0 Å². The Kier molecular flexibility index (Phi) is 6.35. The number of hydrogen-bond donors (Lipinski definition) is 1. The Labute approximate surface area is 123 Å². The van der Waals surface area contributed by atoms with E-state index in [4.69, 9.17) is 25.8 Å². The molecule has 1 aromatic carbocycles. The van der Waals surface area contributed by atoms with Crippen molar-refractivity contribution in [1.82, 2.24) is 5.32 Å². The Hall–Kier alpha value is -1.72. The topological polar surface area (TPSA) is 56.8 Å². The molecule has 20 heavy (non-hydrogen) atoms. The van der Waals surface area contributed by atoms with E-state index in [9.17, 15) is 4.79 Å². The molecule has 0 aromatic heterocycles. The van der Waals surface area contributed by atoms with Gasteiger partial charge in [-0.05, 0) is 12.1 Å². The van der Waals surface area contributed by atoms with Crippen LogP contribution in [0.2, 0.25) is 5.02 Å². The summed E-state index contributed by atoms with van der Waals surface area (Å²) in [6.45, 7) is 4.57. The van der Waals surface area contributed by atoms with Crippen LogP contribution in [0.15, 0.2) is 18.7 Å². The average Bonchev–Trinajstić information content (AvgIpc) is 2.45. The Morgan fingerprint density at radius 3 is 2.50 bits per heavy atom. The summed E-state index contributed by atoms with van der Waals surface area (Å²) in [5.41, 5.74) is 0.865. The van der Waals surface area contributed by atoms with E-state index in [1.54, 1.807) is 13.2 Å². The Bertz CT molecular complexity index is 502. The summed E-state index contributed by atoms with van der Waals surface area (Å²) in [6, 6.07) is 3.17. The molecule has 0 unspecified atom stereocenters. The Balaban J connectivity index is 3.14. The first-order valence-corrected chi connectivity index (χ1v) is 6.30. The molecule has 0 atom stereocenters. The summed E-state index contributed by atoms with van der Waals surface area (Å²) in [7, 11) is 4.52. The molecule has 0 heterocycles. The number of hydrogen-bond acceptors (Lipinski definition) is 4. The van der Waals surface area contributed by atoms with Crippen molar-refractivity contribution in [3.63, 3.8) is 0 Å². The third kappa shape index (κ3) is 3.88. The lowest BCUT2D eigenvalue weighted by atomic mass is 10.1. The first-order valence-electron chi connectivity index (χ1n) is 5.93. The largest absolute Gasteiger partial charge is 0.497 e. The van der Waals surface area contributed by atoms with E-state index >= 15 is 0 Å². The van der Waals surface area contributed by atoms with Gasteiger partial charge in [0.05, 0.1) is 32.0 Å². The van der Waals surface area contributed by atoms with Crippen molar-refractivity contribution in [3.8, 4) is 5.75 Å². The predicted octanol–water partition coefficient (Wildman–Crippen LogP) is 2.34. The number of carbonyl (C=O) groups excluding carboxylic acids is 1. The SMILES string of the molecule is C=C(OC)c1cc(Cl)cc(C(=O)NCCOC)c1OC. The number of methoxy groups -OCH3 is 3. The van der Waals surface area contributed by atoms with Crippen LogP contribution in [0.5, 0.6) is 5.75 Å². The van der Waals surface area contributed by atoms with Crippen LogP contribution in [0.1, 0.15) is 15.9 Å². The molecule has 1 aromatic rings. The second-order valence-electron chi connectivity index (χ2n) is 3.91. The molecule has 0 saturated heterocycles. The van der Waals surface area contributed by atoms with Crippen LogP contribution in [0.3, 0.4) is 0 Å². The molecular formula is C14H18ClNO4. The molecule has 110 valence electrons. The fraction of sp³-hybridized carbons (Fsp3) is 0.357. The summed E-state index contributed by atoms with van der Waals surface area (Å²) < 4.78 is 15.3. The van der Waals surface area contributed by atoms with Crippen molar-refractivity contribution in [2.75, 3.05) is 34.5 Å². The molecule has 0 aliphatic carbocycles. The number of halogens is 1. The van der Waals surface area contributed by atoms with Crippen LogP contribution in [0.25, 0.3) is 5.76 Å². The van der Waals surface area contributed by atoms with Crippen molar-refractivity contribution in [2.24, 2.45) is 0 Å². The van der Waals surface area contributed by atoms with E-state index in [2.05, 4.69) is 11.9 Å². The standard InChI is InChI=1S/C14H18ClNO4/c1-9(19-3)11-7-10(15)8-12(13(11)20-4)14(17)16-5-6-18-2/h7-8H,1,5-6H2,2-4H3,(H,16,17). The lowest BCUT2D eigenvalue weighted by Crippen LogP contribution is -2.27. The van der Waals surface area contributed by atoms with E-state index in [1.807, 2.05) is 0 Å². The van der Waals surface area contributed by atoms with Gasteiger partial charge in [0.15, 0.2) is 0 Å². The van der Waals surface area contributed by atoms with Crippen molar-refractivity contribution < 1.29 is 19.0 Å². The molecule has 0 radical (unpaired) electrons. The van der Waals surface area contributed by atoms with Gasteiger partial charge in [0.25, 0.3) is 5.91 Å². The number of nitrogens with one attached hydrogen (secondary N) is 1. The highest BCUT2D eigenvalue weighted by molar-refractivity contribution is 6.31. The summed E-state index contributed by atoms with van der Waals surface area (Å²) >= 11 is 6.03. The summed E-state index contributed by atoms with van der Waals surface area (Å²) in [4.78, 5) is 12.1. The van der Waals surface area contributed by atoms with Crippen LogP contribution in [0.4, 0.5) is 0 Å². The van der Waals surface area contributed by atoms with Crippen molar-refractivity contribution in [2.45, 2.75) is 0 Å². The summed E-state index contributed by atoms with van der Waals surface area (Å²) in [5.74, 6) is 0.443. The van der Waals surface area contributed by atoms with Gasteiger partial charge >= 0.3 is 0 Å². The lowest BCUT2D eigenvalue weighted by Gasteiger charge is -2.15. The molecular weight excluding hydrogens is 282 g/mol. The molecule has 0 aliphatic rings. The average molecular weight is 300 g/mol. The molecule has 0 saturated carbocycles. The first kappa shape index (κ1) is 16.3. The van der Waals surface area contributed by atoms with Gasteiger partial charge in [-0.15, -0.1) is 0 Å². The van der Waals surface area contributed by atoms with Crippen LogP contribution < -0.4 is 10.1 Å². The van der Waals surface area contributed by atoms with E-state index in [1.165, 1.54) is 20.3 Å². The van der Waals surface area contributed by atoms with E-state index < -0.39 is 0 Å². The zero-order valence-electron chi connectivity index (χ0n) is 11.8. The molecule has 1 rings (SSSR count). The molecule has 0 spiro atoms. The van der Waals surface area contributed by atoms with Crippen LogP contribution >= 0.6 is 11.6 Å². The third-order valence-electron chi connectivity index (χ3n) is 2.64. The highest BCUT2D eigenvalue weighted by Gasteiger charge is 2.19. The summed E-state index contributed by atoms with van der Waals surface area (Å²) in [6.07, 6.45) is 0. The monoisotopic (exact) mass is 299 g/mol. The number of ether oxygens (including phenoxy) is 3. The van der Waals surface area contributed by atoms with Gasteiger partial charge in [0.1, 0.15) is 11.5 Å². The van der Waals surface area contributed by atoms with Crippen molar-refractivity contribution >= 4 is 23.3 Å². The fourth-order valence-corrected chi connectivity index (χ4v) is 1.88. The first-order chi connectivity index (χ1) is 9.54. The smallest absolute Gasteiger partial charge is 0.255 e.